The molecule has 4 rings (SSSR count). The van der Waals surface area contributed by atoms with E-state index in [2.05, 4.69) is 37.6 Å². The van der Waals surface area contributed by atoms with E-state index in [0.717, 1.165) is 33.2 Å². The molecule has 7 heteroatoms. The third-order valence-corrected chi connectivity index (χ3v) is 4.95. The van der Waals surface area contributed by atoms with Crippen molar-refractivity contribution < 1.29 is 0 Å². The molecule has 0 aliphatic heterocycles. The maximum atomic E-state index is 5.92. The minimum absolute atomic E-state index is 0.105. The predicted molar refractivity (Wildman–Crippen MR) is 105 cm³/mol. The standard InChI is InChI=1S/C19H18N6S/c20-11-15(10-13-4-2-1-3-5-13)22-19-25-24-18(26-19)17-7-6-14-12-21-9-8-16(14)23-17/h1-9,12,15H,10-11,20H2,(H,22,25)/t15-/m0/s1. The first-order chi connectivity index (χ1) is 12.8. The topological polar surface area (TPSA) is 89.6 Å². The van der Waals surface area contributed by atoms with Crippen LogP contribution in [0.5, 0.6) is 0 Å². The van der Waals surface area contributed by atoms with Crippen molar-refractivity contribution in [3.63, 3.8) is 0 Å². The van der Waals surface area contributed by atoms with E-state index < -0.39 is 0 Å². The van der Waals surface area contributed by atoms with Crippen LogP contribution in [0.3, 0.4) is 0 Å². The van der Waals surface area contributed by atoms with Gasteiger partial charge in [0.15, 0.2) is 5.01 Å². The Hall–Kier alpha value is -2.90. The molecule has 1 aromatic carbocycles. The summed E-state index contributed by atoms with van der Waals surface area (Å²) in [7, 11) is 0. The van der Waals surface area contributed by atoms with Gasteiger partial charge in [-0.05, 0) is 30.2 Å². The number of benzene rings is 1. The highest BCUT2D eigenvalue weighted by Gasteiger charge is 2.13. The van der Waals surface area contributed by atoms with Crippen molar-refractivity contribution in [3.8, 4) is 10.7 Å². The fourth-order valence-electron chi connectivity index (χ4n) is 2.74. The zero-order chi connectivity index (χ0) is 17.8. The van der Waals surface area contributed by atoms with Gasteiger partial charge in [-0.3, -0.25) is 4.98 Å². The third kappa shape index (κ3) is 3.68. The summed E-state index contributed by atoms with van der Waals surface area (Å²) in [6.07, 6.45) is 4.38. The Morgan fingerprint density at radius 1 is 1.04 bits per heavy atom. The van der Waals surface area contributed by atoms with Crippen LogP contribution in [-0.2, 0) is 6.42 Å². The van der Waals surface area contributed by atoms with Crippen molar-refractivity contribution in [1.29, 1.82) is 0 Å². The first-order valence-corrected chi connectivity index (χ1v) is 9.18. The van der Waals surface area contributed by atoms with Crippen LogP contribution in [0.1, 0.15) is 5.56 Å². The smallest absolute Gasteiger partial charge is 0.206 e. The largest absolute Gasteiger partial charge is 0.356 e. The highest BCUT2D eigenvalue weighted by atomic mass is 32.1. The molecule has 3 N–H and O–H groups in total. The molecule has 0 unspecified atom stereocenters. The van der Waals surface area contributed by atoms with Gasteiger partial charge in [-0.15, -0.1) is 10.2 Å². The molecule has 0 aliphatic rings. The Morgan fingerprint density at radius 3 is 2.77 bits per heavy atom. The lowest BCUT2D eigenvalue weighted by Crippen LogP contribution is -2.30. The predicted octanol–water partition coefficient (Wildman–Crippen LogP) is 3.13. The monoisotopic (exact) mass is 362 g/mol. The molecule has 0 fully saturated rings. The first-order valence-electron chi connectivity index (χ1n) is 8.37. The molecule has 4 aromatic rings. The summed E-state index contributed by atoms with van der Waals surface area (Å²) in [5.41, 5.74) is 8.87. The van der Waals surface area contributed by atoms with Gasteiger partial charge in [0, 0.05) is 30.4 Å². The number of hydrogen-bond acceptors (Lipinski definition) is 7. The summed E-state index contributed by atoms with van der Waals surface area (Å²) in [4.78, 5) is 8.75. The zero-order valence-electron chi connectivity index (χ0n) is 14.0. The number of pyridine rings is 2. The second-order valence-corrected chi connectivity index (χ2v) is 6.92. The van der Waals surface area contributed by atoms with E-state index >= 15 is 0 Å². The van der Waals surface area contributed by atoms with Crippen molar-refractivity contribution in [1.82, 2.24) is 20.2 Å². The molecule has 0 spiro atoms. The zero-order valence-corrected chi connectivity index (χ0v) is 14.9. The second kappa shape index (κ2) is 7.55. The minimum Gasteiger partial charge on any atom is -0.356 e. The summed E-state index contributed by atoms with van der Waals surface area (Å²) in [5.74, 6) is 0. The average molecular weight is 362 g/mol. The van der Waals surface area contributed by atoms with Gasteiger partial charge in [-0.2, -0.15) is 0 Å². The van der Waals surface area contributed by atoms with E-state index in [4.69, 9.17) is 5.73 Å². The van der Waals surface area contributed by atoms with Gasteiger partial charge >= 0.3 is 0 Å². The van der Waals surface area contributed by atoms with Crippen LogP contribution in [0.4, 0.5) is 5.13 Å². The third-order valence-electron chi connectivity index (χ3n) is 4.07. The van der Waals surface area contributed by atoms with Crippen LogP contribution in [-0.4, -0.2) is 32.8 Å². The lowest BCUT2D eigenvalue weighted by molar-refractivity contribution is 0.721. The number of fused-ring (bicyclic) bond motifs is 1. The van der Waals surface area contributed by atoms with Crippen LogP contribution in [0, 0.1) is 0 Å². The number of hydrogen-bond donors (Lipinski definition) is 2. The van der Waals surface area contributed by atoms with Crippen molar-refractivity contribution in [2.45, 2.75) is 12.5 Å². The fraction of sp³-hybridized carbons (Fsp3) is 0.158. The molecule has 3 heterocycles. The lowest BCUT2D eigenvalue weighted by atomic mass is 10.1. The van der Waals surface area contributed by atoms with Crippen molar-refractivity contribution in [2.75, 3.05) is 11.9 Å². The van der Waals surface area contributed by atoms with E-state index in [-0.39, 0.29) is 6.04 Å². The summed E-state index contributed by atoms with van der Waals surface area (Å²) < 4.78 is 0. The maximum absolute atomic E-state index is 5.92. The second-order valence-electron chi connectivity index (χ2n) is 5.94. The van der Waals surface area contributed by atoms with Crippen LogP contribution < -0.4 is 11.1 Å². The average Bonchev–Trinajstić information content (AvgIpc) is 3.16. The number of aromatic nitrogens is 4. The molecule has 0 amide bonds. The SMILES string of the molecule is NC[C@H](Cc1ccccc1)Nc1nnc(-c2ccc3cnccc3n2)s1. The van der Waals surface area contributed by atoms with E-state index in [0.29, 0.717) is 6.54 Å². The van der Waals surface area contributed by atoms with Gasteiger partial charge in [-0.25, -0.2) is 4.98 Å². The Bertz CT molecular complexity index is 1000. The minimum atomic E-state index is 0.105. The summed E-state index contributed by atoms with van der Waals surface area (Å²) in [6.45, 7) is 0.519. The van der Waals surface area contributed by atoms with E-state index in [1.807, 2.05) is 36.4 Å². The van der Waals surface area contributed by atoms with E-state index in [1.54, 1.807) is 12.4 Å². The van der Waals surface area contributed by atoms with Crippen molar-refractivity contribution in [3.05, 3.63) is 66.5 Å². The Morgan fingerprint density at radius 2 is 1.92 bits per heavy atom. The van der Waals surface area contributed by atoms with Crippen LogP contribution in [0.25, 0.3) is 21.6 Å². The number of nitrogens with one attached hydrogen (secondary N) is 1. The number of nitrogens with zero attached hydrogens (tertiary/aromatic N) is 4. The Kier molecular flexibility index (Phi) is 4.81. The molecule has 130 valence electrons. The van der Waals surface area contributed by atoms with Crippen molar-refractivity contribution >= 4 is 27.4 Å². The van der Waals surface area contributed by atoms with Gasteiger partial charge in [-0.1, -0.05) is 41.7 Å². The molecule has 0 aliphatic carbocycles. The molecule has 0 saturated carbocycles. The molecule has 1 atom stereocenters. The molecule has 3 aromatic heterocycles. The fourth-order valence-corrected chi connectivity index (χ4v) is 3.53. The van der Waals surface area contributed by atoms with Gasteiger partial charge < -0.3 is 11.1 Å². The van der Waals surface area contributed by atoms with Crippen LogP contribution in [0.2, 0.25) is 0 Å². The van der Waals surface area contributed by atoms with Crippen molar-refractivity contribution in [2.24, 2.45) is 5.73 Å². The van der Waals surface area contributed by atoms with Gasteiger partial charge in [0.05, 0.1) is 5.52 Å². The van der Waals surface area contributed by atoms with Crippen LogP contribution in [0.15, 0.2) is 60.9 Å². The summed E-state index contributed by atoms with van der Waals surface area (Å²) in [6, 6.07) is 16.2. The van der Waals surface area contributed by atoms with E-state index in [1.165, 1.54) is 16.9 Å². The molecular formula is C19H18N6S. The van der Waals surface area contributed by atoms with Gasteiger partial charge in [0.1, 0.15) is 5.69 Å². The highest BCUT2D eigenvalue weighted by Crippen LogP contribution is 2.27. The molecular weight excluding hydrogens is 344 g/mol. The molecule has 0 saturated heterocycles. The Balaban J connectivity index is 1.51. The Labute approximate surface area is 155 Å². The summed E-state index contributed by atoms with van der Waals surface area (Å²) in [5, 5.41) is 14.4. The molecule has 6 nitrogen and oxygen atoms in total. The van der Waals surface area contributed by atoms with Crippen LogP contribution >= 0.6 is 11.3 Å². The number of nitrogens with two attached hydrogens (primary N) is 1. The molecule has 26 heavy (non-hydrogen) atoms. The molecule has 0 radical (unpaired) electrons. The van der Waals surface area contributed by atoms with Gasteiger partial charge in [0.2, 0.25) is 5.13 Å². The first kappa shape index (κ1) is 16.6. The lowest BCUT2D eigenvalue weighted by Gasteiger charge is -2.15. The number of rotatable bonds is 6. The summed E-state index contributed by atoms with van der Waals surface area (Å²) >= 11 is 1.48. The quantitative estimate of drug-likeness (QED) is 0.548. The highest BCUT2D eigenvalue weighted by molar-refractivity contribution is 7.18. The normalized spacial score (nSPS) is 12.2. The maximum Gasteiger partial charge on any atom is 0.206 e. The molecule has 0 bridgehead atoms. The van der Waals surface area contributed by atoms with Gasteiger partial charge in [0.25, 0.3) is 0 Å². The van der Waals surface area contributed by atoms with E-state index in [9.17, 15) is 0 Å². The number of anilines is 1.